The first-order valence-electron chi connectivity index (χ1n) is 11.0. The van der Waals surface area contributed by atoms with E-state index in [9.17, 15) is 18.0 Å². The predicted octanol–water partition coefficient (Wildman–Crippen LogP) is 2.12. The Morgan fingerprint density at radius 3 is 2.44 bits per heavy atom. The van der Waals surface area contributed by atoms with Crippen LogP contribution in [0.5, 0.6) is 0 Å². The van der Waals surface area contributed by atoms with Gasteiger partial charge in [0.1, 0.15) is 12.7 Å². The Balaban J connectivity index is 1.37. The zero-order valence-electron chi connectivity index (χ0n) is 18.8. The van der Waals surface area contributed by atoms with Crippen LogP contribution in [0.3, 0.4) is 0 Å². The fourth-order valence-electron chi connectivity index (χ4n) is 3.77. The van der Waals surface area contributed by atoms with Gasteiger partial charge in [-0.25, -0.2) is 18.1 Å². The second-order valence-corrected chi connectivity index (χ2v) is 9.97. The molecule has 34 heavy (non-hydrogen) atoms. The van der Waals surface area contributed by atoms with E-state index in [0.717, 1.165) is 24.9 Å². The highest BCUT2D eigenvalue weighted by atomic mass is 32.2. The van der Waals surface area contributed by atoms with Gasteiger partial charge in [-0.05, 0) is 61.7 Å². The minimum atomic E-state index is -3.68. The van der Waals surface area contributed by atoms with Crippen LogP contribution < -0.4 is 10.6 Å². The Kier molecular flexibility index (Phi) is 7.03. The van der Waals surface area contributed by atoms with E-state index in [1.165, 1.54) is 16.7 Å². The third-order valence-corrected chi connectivity index (χ3v) is 7.67. The highest BCUT2D eigenvalue weighted by Crippen LogP contribution is 2.24. The normalized spacial score (nSPS) is 14.5. The summed E-state index contributed by atoms with van der Waals surface area (Å²) < 4.78 is 29.2. The van der Waals surface area contributed by atoms with E-state index < -0.39 is 21.8 Å². The van der Waals surface area contributed by atoms with Crippen LogP contribution in [0.2, 0.25) is 0 Å². The van der Waals surface area contributed by atoms with Crippen LogP contribution in [0.1, 0.15) is 35.2 Å². The van der Waals surface area contributed by atoms with Crippen molar-refractivity contribution < 1.29 is 18.0 Å². The van der Waals surface area contributed by atoms with Crippen molar-refractivity contribution in [2.24, 2.45) is 0 Å². The number of nitrogens with zero attached hydrogens (tertiary/aromatic N) is 4. The lowest BCUT2D eigenvalue weighted by molar-refractivity contribution is -0.115. The summed E-state index contributed by atoms with van der Waals surface area (Å²) in [7, 11) is -3.68. The molecule has 0 saturated carbocycles. The Bertz CT molecular complexity index is 1270. The Morgan fingerprint density at radius 2 is 1.76 bits per heavy atom. The molecule has 0 spiro atoms. The van der Waals surface area contributed by atoms with Gasteiger partial charge >= 0.3 is 0 Å². The molecule has 1 aromatic heterocycles. The number of carbonyl (C=O) groups is 2. The van der Waals surface area contributed by atoms with Crippen molar-refractivity contribution in [1.82, 2.24) is 24.4 Å². The van der Waals surface area contributed by atoms with Crippen molar-refractivity contribution >= 4 is 27.5 Å². The molecule has 1 fully saturated rings. The lowest BCUT2D eigenvalue weighted by atomic mass is 10.1. The highest BCUT2D eigenvalue weighted by molar-refractivity contribution is 7.89. The lowest BCUT2D eigenvalue weighted by Crippen LogP contribution is -2.36. The summed E-state index contributed by atoms with van der Waals surface area (Å²) in [4.78, 5) is 28.9. The lowest BCUT2D eigenvalue weighted by Gasteiger charge is -2.26. The minimum Gasteiger partial charge on any atom is -0.343 e. The zero-order valence-corrected chi connectivity index (χ0v) is 19.6. The van der Waals surface area contributed by atoms with Gasteiger partial charge in [0.25, 0.3) is 5.91 Å². The number of piperidine rings is 1. The molecule has 2 aromatic carbocycles. The molecule has 1 aliphatic heterocycles. The van der Waals surface area contributed by atoms with Gasteiger partial charge in [0.2, 0.25) is 15.9 Å². The van der Waals surface area contributed by atoms with Crippen molar-refractivity contribution in [2.75, 3.05) is 25.0 Å². The number of anilines is 1. The molecule has 2 amide bonds. The van der Waals surface area contributed by atoms with Gasteiger partial charge in [0.15, 0.2) is 0 Å². The number of hydrogen-bond donors (Lipinski definition) is 2. The molecular weight excluding hydrogens is 456 g/mol. The average Bonchev–Trinajstić information content (AvgIpc) is 3.39. The topological polar surface area (TPSA) is 126 Å². The van der Waals surface area contributed by atoms with E-state index in [0.29, 0.717) is 24.3 Å². The van der Waals surface area contributed by atoms with Crippen LogP contribution in [0.25, 0.3) is 5.69 Å². The molecule has 0 unspecified atom stereocenters. The standard InChI is InChI=1S/C23H26N6O4S/c1-17-5-6-18(13-21(17)34(32,33)28-11-3-2-4-12-28)23(31)25-14-22(30)27-19-7-9-20(10-8-19)29-16-24-15-26-29/h5-10,13,15-16H,2-4,11-12,14H2,1H3,(H,25,31)(H,27,30). The first-order valence-corrected chi connectivity index (χ1v) is 12.4. The number of amides is 2. The van der Waals surface area contributed by atoms with E-state index in [4.69, 9.17) is 0 Å². The maximum Gasteiger partial charge on any atom is 0.251 e. The summed E-state index contributed by atoms with van der Waals surface area (Å²) in [5.74, 6) is -0.929. The quantitative estimate of drug-likeness (QED) is 0.531. The molecule has 10 nitrogen and oxygen atoms in total. The fraction of sp³-hybridized carbons (Fsp3) is 0.304. The highest BCUT2D eigenvalue weighted by Gasteiger charge is 2.28. The predicted molar refractivity (Wildman–Crippen MR) is 126 cm³/mol. The van der Waals surface area contributed by atoms with Gasteiger partial charge in [-0.1, -0.05) is 12.5 Å². The maximum absolute atomic E-state index is 13.1. The number of aromatic nitrogens is 3. The Labute approximate surface area is 198 Å². The van der Waals surface area contributed by atoms with Crippen molar-refractivity contribution in [1.29, 1.82) is 0 Å². The van der Waals surface area contributed by atoms with Crippen LogP contribution in [0, 0.1) is 6.92 Å². The summed E-state index contributed by atoms with van der Waals surface area (Å²) in [6, 6.07) is 11.5. The number of aryl methyl sites for hydroxylation is 1. The number of hydrogen-bond acceptors (Lipinski definition) is 6. The largest absolute Gasteiger partial charge is 0.343 e. The molecule has 3 aromatic rings. The number of sulfonamides is 1. The molecule has 4 rings (SSSR count). The summed E-state index contributed by atoms with van der Waals surface area (Å²) in [6.45, 7) is 2.42. The Morgan fingerprint density at radius 1 is 1.03 bits per heavy atom. The third-order valence-electron chi connectivity index (χ3n) is 5.63. The molecule has 0 aliphatic carbocycles. The summed E-state index contributed by atoms with van der Waals surface area (Å²) >= 11 is 0. The van der Waals surface area contributed by atoms with Gasteiger partial charge in [0.05, 0.1) is 17.1 Å². The van der Waals surface area contributed by atoms with Crippen LogP contribution >= 0.6 is 0 Å². The Hall–Kier alpha value is -3.57. The molecule has 2 N–H and O–H groups in total. The van der Waals surface area contributed by atoms with Crippen molar-refractivity contribution in [3.63, 3.8) is 0 Å². The molecular formula is C23H26N6O4S. The summed E-state index contributed by atoms with van der Waals surface area (Å²) in [5.41, 5.74) is 2.12. The van der Waals surface area contributed by atoms with Crippen molar-refractivity contribution in [3.8, 4) is 5.69 Å². The van der Waals surface area contributed by atoms with Gasteiger partial charge in [-0.2, -0.15) is 9.40 Å². The van der Waals surface area contributed by atoms with E-state index in [2.05, 4.69) is 20.7 Å². The summed E-state index contributed by atoms with van der Waals surface area (Å²) in [5, 5.41) is 9.29. The molecule has 11 heteroatoms. The monoisotopic (exact) mass is 482 g/mol. The molecule has 178 valence electrons. The second kappa shape index (κ2) is 10.1. The van der Waals surface area contributed by atoms with Gasteiger partial charge in [0, 0.05) is 24.3 Å². The smallest absolute Gasteiger partial charge is 0.251 e. The first kappa shape index (κ1) is 23.6. The maximum atomic E-state index is 13.1. The molecule has 0 bridgehead atoms. The molecule has 1 saturated heterocycles. The SMILES string of the molecule is Cc1ccc(C(=O)NCC(=O)Nc2ccc(-n3cncn3)cc2)cc1S(=O)(=O)N1CCCCC1. The summed E-state index contributed by atoms with van der Waals surface area (Å²) in [6.07, 6.45) is 5.67. The van der Waals surface area contributed by atoms with Crippen LogP contribution in [-0.2, 0) is 14.8 Å². The van der Waals surface area contributed by atoms with E-state index in [1.54, 1.807) is 54.3 Å². The van der Waals surface area contributed by atoms with E-state index in [-0.39, 0.29) is 17.0 Å². The van der Waals surface area contributed by atoms with E-state index >= 15 is 0 Å². The van der Waals surface area contributed by atoms with Crippen LogP contribution in [0.15, 0.2) is 60.0 Å². The molecule has 2 heterocycles. The van der Waals surface area contributed by atoms with Gasteiger partial charge in [-0.3, -0.25) is 9.59 Å². The number of carbonyl (C=O) groups excluding carboxylic acids is 2. The van der Waals surface area contributed by atoms with Crippen LogP contribution in [-0.4, -0.2) is 58.9 Å². The van der Waals surface area contributed by atoms with Gasteiger partial charge in [-0.15, -0.1) is 0 Å². The third kappa shape index (κ3) is 5.32. The minimum absolute atomic E-state index is 0.124. The number of benzene rings is 2. The molecule has 0 radical (unpaired) electrons. The molecule has 1 aliphatic rings. The van der Waals surface area contributed by atoms with Crippen molar-refractivity contribution in [2.45, 2.75) is 31.1 Å². The van der Waals surface area contributed by atoms with E-state index in [1.807, 2.05) is 0 Å². The average molecular weight is 483 g/mol. The second-order valence-electron chi connectivity index (χ2n) is 8.06. The number of nitrogens with one attached hydrogen (secondary N) is 2. The fourth-order valence-corrected chi connectivity index (χ4v) is 5.54. The molecule has 0 atom stereocenters. The zero-order chi connectivity index (χ0) is 24.1. The van der Waals surface area contributed by atoms with Crippen LogP contribution in [0.4, 0.5) is 5.69 Å². The first-order chi connectivity index (χ1) is 16.3. The van der Waals surface area contributed by atoms with Crippen molar-refractivity contribution in [3.05, 3.63) is 66.2 Å². The van der Waals surface area contributed by atoms with Gasteiger partial charge < -0.3 is 10.6 Å². The number of rotatable bonds is 7.